The van der Waals surface area contributed by atoms with Crippen molar-refractivity contribution >= 4 is 24.6 Å². The van der Waals surface area contributed by atoms with Gasteiger partial charge in [-0.25, -0.2) is 0 Å². The van der Waals surface area contributed by atoms with E-state index in [-0.39, 0.29) is 23.9 Å². The molecule has 0 aromatic carbocycles. The van der Waals surface area contributed by atoms with Gasteiger partial charge in [0.15, 0.2) is 0 Å². The van der Waals surface area contributed by atoms with Gasteiger partial charge in [-0.2, -0.15) is 0 Å². The molecule has 0 heterocycles. The van der Waals surface area contributed by atoms with E-state index in [1.54, 1.807) is 6.92 Å². The van der Waals surface area contributed by atoms with E-state index in [1.165, 1.54) is 0 Å². The first-order chi connectivity index (χ1) is 5.89. The summed E-state index contributed by atoms with van der Waals surface area (Å²) >= 11 is 0. The van der Waals surface area contributed by atoms with Gasteiger partial charge >= 0.3 is 0 Å². The summed E-state index contributed by atoms with van der Waals surface area (Å²) in [6.07, 6.45) is 1.97. The highest BCUT2D eigenvalue weighted by Gasteiger charge is 2.19. The smallest absolute Gasteiger partial charge is 0.246 e. The van der Waals surface area contributed by atoms with E-state index < -0.39 is 0 Å². The number of nitrogens with one attached hydrogen (secondary N) is 1. The Morgan fingerprint density at radius 1 is 1.50 bits per heavy atom. The Labute approximate surface area is 91.4 Å². The first kappa shape index (κ1) is 15.6. The van der Waals surface area contributed by atoms with E-state index in [0.717, 1.165) is 6.29 Å². The summed E-state index contributed by atoms with van der Waals surface area (Å²) in [5.74, 6) is -0.157. The number of carbonyl (C=O) groups is 2. The number of halogens is 1. The highest BCUT2D eigenvalue weighted by atomic mass is 35.5. The molecule has 4 heteroatoms. The van der Waals surface area contributed by atoms with Gasteiger partial charge in [0.2, 0.25) is 5.91 Å². The van der Waals surface area contributed by atoms with Gasteiger partial charge in [0.05, 0.1) is 0 Å². The lowest BCUT2D eigenvalue weighted by atomic mass is 9.98. The van der Waals surface area contributed by atoms with Crippen LogP contribution >= 0.6 is 12.4 Å². The van der Waals surface area contributed by atoms with E-state index >= 15 is 0 Å². The Morgan fingerprint density at radius 2 is 2.00 bits per heavy atom. The Bertz CT molecular complexity index is 224. The molecule has 0 aromatic rings. The fraction of sp³-hybridized carbons (Fsp3) is 0.600. The standard InChI is InChI=1S/C10H17NO2.ClH/c1-8(2)9(13)11-10(3,4)6-5-7-12;/h7H,1,5-6H2,2-4H3,(H,11,13);1H. The van der Waals surface area contributed by atoms with E-state index in [9.17, 15) is 9.59 Å². The largest absolute Gasteiger partial charge is 0.347 e. The van der Waals surface area contributed by atoms with Gasteiger partial charge in [0, 0.05) is 17.5 Å². The Morgan fingerprint density at radius 3 is 2.36 bits per heavy atom. The number of aldehydes is 1. The van der Waals surface area contributed by atoms with Crippen molar-refractivity contribution in [3.05, 3.63) is 12.2 Å². The van der Waals surface area contributed by atoms with Crippen molar-refractivity contribution in [3.8, 4) is 0 Å². The molecule has 0 rings (SSSR count). The van der Waals surface area contributed by atoms with Crippen LogP contribution in [-0.2, 0) is 9.59 Å². The minimum absolute atomic E-state index is 0. The molecule has 0 saturated heterocycles. The molecular weight excluding hydrogens is 202 g/mol. The molecule has 0 atom stereocenters. The molecule has 0 radical (unpaired) electrons. The molecule has 0 aliphatic rings. The van der Waals surface area contributed by atoms with Crippen molar-refractivity contribution in [2.24, 2.45) is 0 Å². The van der Waals surface area contributed by atoms with Gasteiger partial charge in [-0.3, -0.25) is 4.79 Å². The van der Waals surface area contributed by atoms with E-state index in [1.807, 2.05) is 13.8 Å². The maximum Gasteiger partial charge on any atom is 0.246 e. The quantitative estimate of drug-likeness (QED) is 0.567. The van der Waals surface area contributed by atoms with Gasteiger partial charge in [-0.15, -0.1) is 12.4 Å². The third-order valence-corrected chi connectivity index (χ3v) is 1.73. The molecule has 0 aromatic heterocycles. The number of amides is 1. The van der Waals surface area contributed by atoms with E-state index in [4.69, 9.17) is 0 Å². The van der Waals surface area contributed by atoms with Crippen LogP contribution in [0.2, 0.25) is 0 Å². The molecule has 0 spiro atoms. The number of hydrogen-bond acceptors (Lipinski definition) is 2. The van der Waals surface area contributed by atoms with Crippen LogP contribution < -0.4 is 5.32 Å². The second kappa shape index (κ2) is 6.60. The van der Waals surface area contributed by atoms with Crippen LogP contribution in [0.5, 0.6) is 0 Å². The van der Waals surface area contributed by atoms with E-state index in [0.29, 0.717) is 18.4 Å². The Balaban J connectivity index is 0. The zero-order valence-corrected chi connectivity index (χ0v) is 9.74. The predicted molar refractivity (Wildman–Crippen MR) is 59.6 cm³/mol. The monoisotopic (exact) mass is 219 g/mol. The molecule has 0 aliphatic carbocycles. The van der Waals surface area contributed by atoms with Crippen LogP contribution in [0.15, 0.2) is 12.2 Å². The number of hydrogen-bond donors (Lipinski definition) is 1. The molecular formula is C10H18ClNO2. The SMILES string of the molecule is C=C(C)C(=O)NC(C)(C)CCC=O.Cl. The predicted octanol–water partition coefficient (Wildman–Crippen LogP) is 1.86. The minimum atomic E-state index is -0.336. The van der Waals surface area contributed by atoms with Crippen molar-refractivity contribution in [1.29, 1.82) is 0 Å². The second-order valence-corrected chi connectivity index (χ2v) is 3.82. The lowest BCUT2D eigenvalue weighted by Gasteiger charge is -2.25. The average Bonchev–Trinajstić information content (AvgIpc) is 2.00. The van der Waals surface area contributed by atoms with Crippen LogP contribution in [0, 0.1) is 0 Å². The third kappa shape index (κ3) is 6.66. The zero-order valence-electron chi connectivity index (χ0n) is 8.92. The molecule has 0 aliphatic heterocycles. The summed E-state index contributed by atoms with van der Waals surface area (Å²) in [5, 5.41) is 2.79. The van der Waals surface area contributed by atoms with Crippen LogP contribution in [0.25, 0.3) is 0 Å². The van der Waals surface area contributed by atoms with Gasteiger partial charge in [-0.1, -0.05) is 6.58 Å². The number of carbonyl (C=O) groups excluding carboxylic acids is 2. The van der Waals surface area contributed by atoms with Crippen LogP contribution in [0.1, 0.15) is 33.6 Å². The highest BCUT2D eigenvalue weighted by molar-refractivity contribution is 5.92. The molecule has 3 nitrogen and oxygen atoms in total. The minimum Gasteiger partial charge on any atom is -0.347 e. The fourth-order valence-corrected chi connectivity index (χ4v) is 0.896. The summed E-state index contributed by atoms with van der Waals surface area (Å²) in [6, 6.07) is 0. The average molecular weight is 220 g/mol. The van der Waals surface area contributed by atoms with E-state index in [2.05, 4.69) is 11.9 Å². The highest BCUT2D eigenvalue weighted by Crippen LogP contribution is 2.10. The molecule has 82 valence electrons. The van der Waals surface area contributed by atoms with Crippen LogP contribution in [-0.4, -0.2) is 17.7 Å². The summed E-state index contributed by atoms with van der Waals surface area (Å²) in [6.45, 7) is 8.97. The normalized spacial score (nSPS) is 9.93. The summed E-state index contributed by atoms with van der Waals surface area (Å²) in [5.41, 5.74) is 0.149. The topological polar surface area (TPSA) is 46.2 Å². The maximum atomic E-state index is 11.2. The molecule has 1 amide bonds. The van der Waals surface area contributed by atoms with Crippen molar-refractivity contribution < 1.29 is 9.59 Å². The fourth-order valence-electron chi connectivity index (χ4n) is 0.896. The molecule has 0 unspecified atom stereocenters. The lowest BCUT2D eigenvalue weighted by Crippen LogP contribution is -2.43. The molecule has 14 heavy (non-hydrogen) atoms. The summed E-state index contributed by atoms with van der Waals surface area (Å²) in [7, 11) is 0. The summed E-state index contributed by atoms with van der Waals surface area (Å²) < 4.78 is 0. The van der Waals surface area contributed by atoms with Crippen molar-refractivity contribution in [1.82, 2.24) is 5.32 Å². The number of rotatable bonds is 5. The molecule has 0 bridgehead atoms. The van der Waals surface area contributed by atoms with Gasteiger partial charge < -0.3 is 10.1 Å². The molecule has 0 fully saturated rings. The van der Waals surface area contributed by atoms with Crippen LogP contribution in [0.3, 0.4) is 0 Å². The lowest BCUT2D eigenvalue weighted by molar-refractivity contribution is -0.119. The Kier molecular flexibility index (Phi) is 7.37. The first-order valence-electron chi connectivity index (χ1n) is 4.31. The Hall–Kier alpha value is -0.830. The van der Waals surface area contributed by atoms with Gasteiger partial charge in [0.25, 0.3) is 0 Å². The third-order valence-electron chi connectivity index (χ3n) is 1.73. The maximum absolute atomic E-state index is 11.2. The molecule has 0 saturated carbocycles. The zero-order chi connectivity index (χ0) is 10.5. The second-order valence-electron chi connectivity index (χ2n) is 3.82. The van der Waals surface area contributed by atoms with Crippen molar-refractivity contribution in [2.45, 2.75) is 39.2 Å². The van der Waals surface area contributed by atoms with Gasteiger partial charge in [0.1, 0.15) is 6.29 Å². The van der Waals surface area contributed by atoms with Gasteiger partial charge in [-0.05, 0) is 27.2 Å². The molecule has 1 N–H and O–H groups in total. The van der Waals surface area contributed by atoms with Crippen LogP contribution in [0.4, 0.5) is 0 Å². The summed E-state index contributed by atoms with van der Waals surface area (Å²) in [4.78, 5) is 21.4. The van der Waals surface area contributed by atoms with Crippen molar-refractivity contribution in [3.63, 3.8) is 0 Å². The first-order valence-corrected chi connectivity index (χ1v) is 4.31. The van der Waals surface area contributed by atoms with Crippen molar-refractivity contribution in [2.75, 3.05) is 0 Å².